The Morgan fingerprint density at radius 1 is 1.04 bits per heavy atom. The standard InChI is InChI=1S/C19H22N5O.ClH/c1-14-18(19(25)23(22-14)16-10-6-5-7-11-16)21-20-15-9-8-12-17(13-15)24(2,3)4;/h5-13,18H,1-4H3;1H/q+1;/p-1. The van der Waals surface area contributed by atoms with E-state index in [0.717, 1.165) is 17.1 Å². The van der Waals surface area contributed by atoms with E-state index < -0.39 is 6.04 Å². The van der Waals surface area contributed by atoms with Crippen LogP contribution in [0.3, 0.4) is 0 Å². The summed E-state index contributed by atoms with van der Waals surface area (Å²) in [7, 11) is 6.27. The van der Waals surface area contributed by atoms with Gasteiger partial charge in [-0.15, -0.1) is 0 Å². The predicted octanol–water partition coefficient (Wildman–Crippen LogP) is 0.762. The van der Waals surface area contributed by atoms with Crippen LogP contribution >= 0.6 is 0 Å². The number of rotatable bonds is 4. The Morgan fingerprint density at radius 2 is 1.73 bits per heavy atom. The van der Waals surface area contributed by atoms with Crippen LogP contribution in [-0.2, 0) is 4.79 Å². The number of anilines is 1. The molecule has 0 fully saturated rings. The van der Waals surface area contributed by atoms with E-state index in [0.29, 0.717) is 10.2 Å². The van der Waals surface area contributed by atoms with E-state index in [4.69, 9.17) is 0 Å². The van der Waals surface area contributed by atoms with Crippen molar-refractivity contribution in [3.8, 4) is 0 Å². The zero-order chi connectivity index (χ0) is 18.0. The summed E-state index contributed by atoms with van der Waals surface area (Å²) in [5.41, 5.74) is 3.21. The van der Waals surface area contributed by atoms with Gasteiger partial charge in [0.2, 0.25) is 0 Å². The van der Waals surface area contributed by atoms with Crippen molar-refractivity contribution < 1.29 is 17.2 Å². The van der Waals surface area contributed by atoms with Gasteiger partial charge in [0.1, 0.15) is 5.69 Å². The summed E-state index contributed by atoms with van der Waals surface area (Å²) in [4.78, 5) is 12.6. The highest BCUT2D eigenvalue weighted by atomic mass is 35.5. The van der Waals surface area contributed by atoms with Crippen molar-refractivity contribution >= 4 is 28.7 Å². The number of hydrogen-bond donors (Lipinski definition) is 0. The van der Waals surface area contributed by atoms with Crippen LogP contribution < -0.4 is 21.9 Å². The van der Waals surface area contributed by atoms with Crippen LogP contribution in [0, 0.1) is 0 Å². The number of amides is 1. The molecule has 0 saturated carbocycles. The van der Waals surface area contributed by atoms with E-state index in [1.807, 2.05) is 54.6 Å². The number of para-hydroxylation sites is 1. The normalized spacial score (nSPS) is 17.4. The maximum Gasteiger partial charge on any atom is 0.280 e. The van der Waals surface area contributed by atoms with Crippen LogP contribution in [0.5, 0.6) is 0 Å². The third-order valence-electron chi connectivity index (χ3n) is 3.99. The fraction of sp³-hybridized carbons (Fsp3) is 0.263. The minimum absolute atomic E-state index is 0. The fourth-order valence-electron chi connectivity index (χ4n) is 2.54. The lowest BCUT2D eigenvalue weighted by Crippen LogP contribution is -3.00. The van der Waals surface area contributed by atoms with Crippen molar-refractivity contribution in [3.63, 3.8) is 0 Å². The Bertz CT molecular complexity index is 843. The molecule has 2 aromatic carbocycles. The molecule has 0 saturated heterocycles. The Morgan fingerprint density at radius 3 is 2.38 bits per heavy atom. The molecule has 2 aromatic rings. The van der Waals surface area contributed by atoms with Crippen LogP contribution in [0.2, 0.25) is 0 Å². The van der Waals surface area contributed by atoms with Crippen LogP contribution in [0.15, 0.2) is 69.9 Å². The monoisotopic (exact) mass is 371 g/mol. The first-order chi connectivity index (χ1) is 11.9. The molecule has 0 aromatic heterocycles. The molecule has 1 amide bonds. The van der Waals surface area contributed by atoms with Crippen molar-refractivity contribution in [2.45, 2.75) is 13.0 Å². The molecule has 0 bridgehead atoms. The van der Waals surface area contributed by atoms with Gasteiger partial charge in [0.25, 0.3) is 5.91 Å². The number of halogens is 1. The second-order valence-corrected chi connectivity index (χ2v) is 6.88. The number of carbonyl (C=O) groups is 1. The lowest BCUT2D eigenvalue weighted by molar-refractivity contribution is -0.117. The molecule has 1 aliphatic heterocycles. The lowest BCUT2D eigenvalue weighted by Gasteiger charge is -2.23. The molecule has 1 aliphatic rings. The highest BCUT2D eigenvalue weighted by Gasteiger charge is 2.34. The number of quaternary nitrogens is 1. The zero-order valence-corrected chi connectivity index (χ0v) is 16.1. The van der Waals surface area contributed by atoms with E-state index in [1.54, 1.807) is 6.92 Å². The SMILES string of the molecule is CC1=NN(c2ccccc2)C(=O)C1N=Nc1cccc([N+](C)(C)C)c1.[Cl-]. The van der Waals surface area contributed by atoms with E-state index in [9.17, 15) is 4.79 Å². The van der Waals surface area contributed by atoms with Crippen LogP contribution in [-0.4, -0.2) is 38.8 Å². The topological polar surface area (TPSA) is 57.4 Å². The number of nitrogens with zero attached hydrogens (tertiary/aromatic N) is 5. The molecule has 0 radical (unpaired) electrons. The molecule has 26 heavy (non-hydrogen) atoms. The van der Waals surface area contributed by atoms with E-state index in [2.05, 4.69) is 36.5 Å². The first-order valence-electron chi connectivity index (χ1n) is 8.13. The fourth-order valence-corrected chi connectivity index (χ4v) is 2.54. The number of benzene rings is 2. The number of hydrogen-bond acceptors (Lipinski definition) is 4. The van der Waals surface area contributed by atoms with Gasteiger partial charge in [-0.25, -0.2) is 0 Å². The molecule has 0 N–H and O–H groups in total. The van der Waals surface area contributed by atoms with Crippen molar-refractivity contribution in [2.75, 3.05) is 26.2 Å². The smallest absolute Gasteiger partial charge is 0.280 e. The summed E-state index contributed by atoms with van der Waals surface area (Å²) in [5, 5.41) is 14.3. The Balaban J connectivity index is 0.00000243. The predicted molar refractivity (Wildman–Crippen MR) is 101 cm³/mol. The van der Waals surface area contributed by atoms with Gasteiger partial charge in [0, 0.05) is 6.07 Å². The van der Waals surface area contributed by atoms with Gasteiger partial charge in [-0.3, -0.25) is 9.28 Å². The Kier molecular flexibility index (Phi) is 5.90. The zero-order valence-electron chi connectivity index (χ0n) is 15.3. The molecule has 3 rings (SSSR count). The highest BCUT2D eigenvalue weighted by Crippen LogP contribution is 2.26. The summed E-state index contributed by atoms with van der Waals surface area (Å²) in [6.45, 7) is 1.80. The van der Waals surface area contributed by atoms with E-state index in [-0.39, 0.29) is 18.3 Å². The highest BCUT2D eigenvalue weighted by molar-refractivity contribution is 6.18. The van der Waals surface area contributed by atoms with Gasteiger partial charge in [0.15, 0.2) is 6.04 Å². The largest absolute Gasteiger partial charge is 1.00 e. The van der Waals surface area contributed by atoms with Gasteiger partial charge in [-0.05, 0) is 31.2 Å². The number of azo groups is 1. The van der Waals surface area contributed by atoms with E-state index in [1.165, 1.54) is 5.01 Å². The molecule has 0 aliphatic carbocycles. The lowest BCUT2D eigenvalue weighted by atomic mass is 10.2. The first kappa shape index (κ1) is 19.8. The average molecular weight is 372 g/mol. The Hall–Kier alpha value is -2.57. The Labute approximate surface area is 159 Å². The molecule has 0 spiro atoms. The van der Waals surface area contributed by atoms with Crippen LogP contribution in [0.4, 0.5) is 17.1 Å². The number of hydrazone groups is 1. The van der Waals surface area contributed by atoms with Crippen molar-refractivity contribution in [2.24, 2.45) is 15.3 Å². The third kappa shape index (κ3) is 4.15. The van der Waals surface area contributed by atoms with Crippen molar-refractivity contribution in [3.05, 3.63) is 54.6 Å². The summed E-state index contributed by atoms with van der Waals surface area (Å²) in [6.07, 6.45) is 0. The maximum absolute atomic E-state index is 12.6. The van der Waals surface area contributed by atoms with Gasteiger partial charge in [0.05, 0.1) is 38.2 Å². The molecule has 1 heterocycles. The third-order valence-corrected chi connectivity index (χ3v) is 3.99. The minimum atomic E-state index is -0.673. The minimum Gasteiger partial charge on any atom is -1.00 e. The summed E-state index contributed by atoms with van der Waals surface area (Å²) in [5.74, 6) is -0.185. The molecule has 1 unspecified atom stereocenters. The molecule has 6 nitrogen and oxygen atoms in total. The summed E-state index contributed by atoms with van der Waals surface area (Å²) in [6, 6.07) is 16.5. The molecule has 1 atom stereocenters. The number of carbonyl (C=O) groups excluding carboxylic acids is 1. The summed E-state index contributed by atoms with van der Waals surface area (Å²) < 4.78 is 0.688. The van der Waals surface area contributed by atoms with Crippen LogP contribution in [0.25, 0.3) is 0 Å². The van der Waals surface area contributed by atoms with Gasteiger partial charge in [-0.1, -0.05) is 24.3 Å². The molecule has 7 heteroatoms. The van der Waals surface area contributed by atoms with Crippen LogP contribution in [0.1, 0.15) is 6.92 Å². The molecular weight excluding hydrogens is 350 g/mol. The average Bonchev–Trinajstić information content (AvgIpc) is 2.88. The second kappa shape index (κ2) is 7.76. The van der Waals surface area contributed by atoms with Gasteiger partial charge < -0.3 is 12.4 Å². The van der Waals surface area contributed by atoms with Gasteiger partial charge >= 0.3 is 0 Å². The second-order valence-electron chi connectivity index (χ2n) is 6.88. The summed E-state index contributed by atoms with van der Waals surface area (Å²) >= 11 is 0. The van der Waals surface area contributed by atoms with Crippen molar-refractivity contribution in [1.82, 2.24) is 4.48 Å². The molecular formula is C19H22ClN5O. The quantitative estimate of drug-likeness (QED) is 0.578. The maximum atomic E-state index is 12.6. The van der Waals surface area contributed by atoms with E-state index >= 15 is 0 Å². The first-order valence-corrected chi connectivity index (χ1v) is 8.13. The van der Waals surface area contributed by atoms with Crippen molar-refractivity contribution in [1.29, 1.82) is 0 Å². The molecule has 136 valence electrons. The van der Waals surface area contributed by atoms with Gasteiger partial charge in [-0.2, -0.15) is 20.3 Å².